The van der Waals surface area contributed by atoms with Crippen LogP contribution in [-0.2, 0) is 0 Å². The molecular formula is C15H33NO2. The van der Waals surface area contributed by atoms with Crippen molar-refractivity contribution in [2.45, 2.75) is 53.7 Å². The lowest BCUT2D eigenvalue weighted by Gasteiger charge is -2.18. The fourth-order valence-corrected chi connectivity index (χ4v) is 0.773. The van der Waals surface area contributed by atoms with Crippen LogP contribution in [0, 0.1) is 5.92 Å². The molecule has 3 heteroatoms. The summed E-state index contributed by atoms with van der Waals surface area (Å²) in [6.07, 6.45) is 5.12. The van der Waals surface area contributed by atoms with Crippen molar-refractivity contribution in [1.82, 2.24) is 5.32 Å². The van der Waals surface area contributed by atoms with Crippen molar-refractivity contribution in [3.63, 3.8) is 0 Å². The zero-order chi connectivity index (χ0) is 15.0. The normalized spacial score (nSPS) is 13.2. The second-order valence-electron chi connectivity index (χ2n) is 4.23. The smallest absolute Gasteiger partial charge is 0.0690 e. The molecule has 0 fully saturated rings. The van der Waals surface area contributed by atoms with E-state index in [9.17, 15) is 0 Å². The number of aliphatic hydroxyl groups excluding tert-OH is 2. The molecule has 2 unspecified atom stereocenters. The number of likely N-dealkylation sites (N-methyl/N-ethyl adjacent to an activating group) is 1. The van der Waals surface area contributed by atoms with Crippen LogP contribution in [0.15, 0.2) is 24.8 Å². The lowest BCUT2D eigenvalue weighted by Crippen LogP contribution is -2.36. The van der Waals surface area contributed by atoms with Crippen LogP contribution >= 0.6 is 0 Å². The topological polar surface area (TPSA) is 52.5 Å². The number of hydrogen-bond donors (Lipinski definition) is 3. The summed E-state index contributed by atoms with van der Waals surface area (Å²) in [7, 11) is 0. The van der Waals surface area contributed by atoms with Crippen LogP contribution in [-0.4, -0.2) is 35.5 Å². The minimum absolute atomic E-state index is 0.242. The molecule has 0 heterocycles. The first-order valence-electron chi connectivity index (χ1n) is 6.63. The summed E-state index contributed by atoms with van der Waals surface area (Å²) in [6.45, 7) is 16.4. The Labute approximate surface area is 114 Å². The number of aliphatic hydroxyl groups is 2. The third kappa shape index (κ3) is 24.5. The zero-order valence-corrected chi connectivity index (χ0v) is 13.0. The minimum Gasteiger partial charge on any atom is -0.395 e. The van der Waals surface area contributed by atoms with Crippen molar-refractivity contribution in [2.75, 3.05) is 13.2 Å². The van der Waals surface area contributed by atoms with Gasteiger partial charge in [0.1, 0.15) is 0 Å². The molecular weight excluding hydrogens is 226 g/mol. The van der Waals surface area contributed by atoms with E-state index < -0.39 is 0 Å². The highest BCUT2D eigenvalue weighted by molar-refractivity contribution is 4.72. The zero-order valence-electron chi connectivity index (χ0n) is 13.0. The molecule has 0 aliphatic carbocycles. The second-order valence-corrected chi connectivity index (χ2v) is 4.23. The summed E-state index contributed by atoms with van der Waals surface area (Å²) in [5, 5.41) is 20.2. The Morgan fingerprint density at radius 3 is 1.61 bits per heavy atom. The van der Waals surface area contributed by atoms with Crippen molar-refractivity contribution in [1.29, 1.82) is 0 Å². The highest BCUT2D eigenvalue weighted by Crippen LogP contribution is 1.98. The summed E-state index contributed by atoms with van der Waals surface area (Å²) in [5.41, 5.74) is 0. The summed E-state index contributed by atoms with van der Waals surface area (Å²) in [5.74, 6) is 0.523. The molecule has 0 saturated heterocycles. The van der Waals surface area contributed by atoms with Crippen LogP contribution in [0.4, 0.5) is 0 Å². The van der Waals surface area contributed by atoms with Gasteiger partial charge in [0.2, 0.25) is 0 Å². The van der Waals surface area contributed by atoms with Crippen molar-refractivity contribution in [3.05, 3.63) is 24.8 Å². The van der Waals surface area contributed by atoms with Crippen LogP contribution in [0.5, 0.6) is 0 Å². The van der Waals surface area contributed by atoms with Crippen molar-refractivity contribution >= 4 is 0 Å². The van der Waals surface area contributed by atoms with E-state index in [0.717, 1.165) is 6.54 Å². The Hall–Kier alpha value is -0.640. The fourth-order valence-electron chi connectivity index (χ4n) is 0.773. The van der Waals surface area contributed by atoms with Gasteiger partial charge in [0, 0.05) is 6.04 Å². The van der Waals surface area contributed by atoms with Crippen LogP contribution in [0.25, 0.3) is 0 Å². The van der Waals surface area contributed by atoms with Gasteiger partial charge in [-0.25, -0.2) is 0 Å². The van der Waals surface area contributed by atoms with E-state index in [1.807, 2.05) is 32.9 Å². The fraction of sp³-hybridized carbons (Fsp3) is 0.733. The first kappa shape index (κ1) is 22.5. The Bertz CT molecular complexity index is 173. The van der Waals surface area contributed by atoms with Crippen molar-refractivity contribution in [3.8, 4) is 0 Å². The van der Waals surface area contributed by atoms with Gasteiger partial charge in [0.05, 0.1) is 12.7 Å². The highest BCUT2D eigenvalue weighted by Gasteiger charge is 2.08. The van der Waals surface area contributed by atoms with Gasteiger partial charge >= 0.3 is 0 Å². The predicted molar refractivity (Wildman–Crippen MR) is 81.8 cm³/mol. The largest absolute Gasteiger partial charge is 0.395 e. The Morgan fingerprint density at radius 1 is 1.17 bits per heavy atom. The maximum atomic E-state index is 8.77. The first-order chi connectivity index (χ1) is 8.40. The molecule has 0 aliphatic rings. The Balaban J connectivity index is -0.000000212. The van der Waals surface area contributed by atoms with Crippen LogP contribution in [0.3, 0.4) is 0 Å². The number of rotatable bonds is 5. The number of hydrogen-bond acceptors (Lipinski definition) is 3. The molecule has 0 aromatic heterocycles. The van der Waals surface area contributed by atoms with E-state index in [-0.39, 0.29) is 18.8 Å². The molecule has 0 saturated carbocycles. The SMILES string of the molecule is C/C=C\C.C=CC(C)O.CCNC(CO)C(C)C. The predicted octanol–water partition coefficient (Wildman–Crippen LogP) is 2.75. The number of allylic oxidation sites excluding steroid dienone is 2. The van der Waals surface area contributed by atoms with Crippen LogP contribution in [0.1, 0.15) is 41.5 Å². The first-order valence-corrected chi connectivity index (χ1v) is 6.63. The third-order valence-electron chi connectivity index (χ3n) is 2.14. The van der Waals surface area contributed by atoms with Gasteiger partial charge in [0.15, 0.2) is 0 Å². The van der Waals surface area contributed by atoms with E-state index >= 15 is 0 Å². The van der Waals surface area contributed by atoms with Gasteiger partial charge in [-0.15, -0.1) is 6.58 Å². The molecule has 0 radical (unpaired) electrons. The van der Waals surface area contributed by atoms with Gasteiger partial charge in [-0.2, -0.15) is 0 Å². The standard InChI is InChI=1S/C7H17NO.C4H8O.C4H8/c1-4-8-7(5-9)6(2)3;1-3-4(2)5;1-3-4-2/h6-9H,4-5H2,1-3H3;3-5H,1H2,2H3;3-4H,1-2H3/b;;4-3-. The van der Waals surface area contributed by atoms with Gasteiger partial charge in [-0.1, -0.05) is 39.0 Å². The maximum Gasteiger partial charge on any atom is 0.0690 e. The van der Waals surface area contributed by atoms with Gasteiger partial charge in [-0.3, -0.25) is 0 Å². The number of nitrogens with one attached hydrogen (secondary N) is 1. The molecule has 18 heavy (non-hydrogen) atoms. The van der Waals surface area contributed by atoms with Crippen LogP contribution < -0.4 is 5.32 Å². The van der Waals surface area contributed by atoms with Crippen molar-refractivity contribution in [2.24, 2.45) is 5.92 Å². The molecule has 0 spiro atoms. The maximum absolute atomic E-state index is 8.77. The van der Waals surface area contributed by atoms with Gasteiger partial charge in [0.25, 0.3) is 0 Å². The summed E-state index contributed by atoms with van der Waals surface area (Å²) < 4.78 is 0. The second kappa shape index (κ2) is 18.7. The van der Waals surface area contributed by atoms with Gasteiger partial charge in [-0.05, 0) is 33.2 Å². The molecule has 0 aromatic rings. The highest BCUT2D eigenvalue weighted by atomic mass is 16.3. The lowest BCUT2D eigenvalue weighted by molar-refractivity contribution is 0.213. The quantitative estimate of drug-likeness (QED) is 0.665. The van der Waals surface area contributed by atoms with E-state index in [1.165, 1.54) is 6.08 Å². The molecule has 3 N–H and O–H groups in total. The molecule has 0 aromatic carbocycles. The van der Waals surface area contributed by atoms with Crippen molar-refractivity contribution < 1.29 is 10.2 Å². The average molecular weight is 259 g/mol. The molecule has 0 rings (SSSR count). The minimum atomic E-state index is -0.352. The molecule has 2 atom stereocenters. The summed E-state index contributed by atoms with van der Waals surface area (Å²) >= 11 is 0. The summed E-state index contributed by atoms with van der Waals surface area (Å²) in [6, 6.07) is 0.273. The summed E-state index contributed by atoms with van der Waals surface area (Å²) in [4.78, 5) is 0. The van der Waals surface area contributed by atoms with E-state index in [0.29, 0.717) is 5.92 Å². The Kier molecular flexibility index (Phi) is 23.4. The lowest BCUT2D eigenvalue weighted by atomic mass is 10.1. The van der Waals surface area contributed by atoms with E-state index in [4.69, 9.17) is 10.2 Å². The molecule has 110 valence electrons. The third-order valence-corrected chi connectivity index (χ3v) is 2.14. The Morgan fingerprint density at radius 2 is 1.56 bits per heavy atom. The van der Waals surface area contributed by atoms with Crippen LogP contribution in [0.2, 0.25) is 0 Å². The average Bonchev–Trinajstić information content (AvgIpc) is 2.36. The molecule has 0 bridgehead atoms. The monoisotopic (exact) mass is 259 g/mol. The van der Waals surface area contributed by atoms with Gasteiger partial charge < -0.3 is 15.5 Å². The molecule has 0 amide bonds. The molecule has 0 aliphatic heterocycles. The molecule has 3 nitrogen and oxygen atoms in total. The van der Waals surface area contributed by atoms with E-state index in [1.54, 1.807) is 6.92 Å². The van der Waals surface area contributed by atoms with E-state index in [2.05, 4.69) is 25.7 Å².